The Bertz CT molecular complexity index is 1650. The molecule has 0 unspecified atom stereocenters. The van der Waals surface area contributed by atoms with Crippen LogP contribution in [0.15, 0.2) is 93.8 Å². The van der Waals surface area contributed by atoms with Crippen LogP contribution in [0.1, 0.15) is 0 Å². The van der Waals surface area contributed by atoms with Crippen LogP contribution in [-0.4, -0.2) is 19.8 Å². The zero-order chi connectivity index (χ0) is 24.8. The van der Waals surface area contributed by atoms with Gasteiger partial charge < -0.3 is 8.83 Å². The smallest absolute Gasteiger partial charge is 0.269 e. The van der Waals surface area contributed by atoms with Crippen molar-refractivity contribution in [3.8, 4) is 34.0 Å². The van der Waals surface area contributed by atoms with E-state index < -0.39 is 9.85 Å². The van der Waals surface area contributed by atoms with Crippen LogP contribution in [0.5, 0.6) is 0 Å². The number of oxazole rings is 2. The number of fused-ring (bicyclic) bond motifs is 2. The summed E-state index contributed by atoms with van der Waals surface area (Å²) in [6.45, 7) is 0. The molecule has 0 saturated carbocycles. The Morgan fingerprint density at radius 1 is 0.528 bits per heavy atom. The predicted molar refractivity (Wildman–Crippen MR) is 131 cm³/mol. The maximum Gasteiger partial charge on any atom is 0.269 e. The van der Waals surface area contributed by atoms with Gasteiger partial charge in [0.05, 0.1) is 9.85 Å². The van der Waals surface area contributed by atoms with Gasteiger partial charge in [-0.15, -0.1) is 0 Å². The number of hydrogen-bond donors (Lipinski definition) is 0. The van der Waals surface area contributed by atoms with Crippen molar-refractivity contribution in [1.82, 2.24) is 9.97 Å². The van der Waals surface area contributed by atoms with Crippen molar-refractivity contribution in [2.24, 2.45) is 0 Å². The average Bonchev–Trinajstić information content (AvgIpc) is 3.52. The minimum atomic E-state index is -0.456. The second kappa shape index (κ2) is 8.13. The molecule has 0 fully saturated rings. The van der Waals surface area contributed by atoms with Crippen LogP contribution in [-0.2, 0) is 0 Å². The lowest BCUT2D eigenvalue weighted by Gasteiger charge is -2.00. The van der Waals surface area contributed by atoms with E-state index in [9.17, 15) is 20.2 Å². The SMILES string of the molecule is O=[N+]([O-])c1ccc(-c2nc3ccc(-c4ccc5nc(-c6ccc([N+](=O)[O-])cc6)oc5c4)cc3o2)cc1. The highest BCUT2D eigenvalue weighted by Crippen LogP contribution is 2.32. The first-order valence-electron chi connectivity index (χ1n) is 10.8. The fourth-order valence-electron chi connectivity index (χ4n) is 3.91. The largest absolute Gasteiger partial charge is 0.436 e. The quantitative estimate of drug-likeness (QED) is 0.195. The molecule has 0 aliphatic carbocycles. The number of benzene rings is 4. The Hall–Kier alpha value is -5.38. The lowest BCUT2D eigenvalue weighted by atomic mass is 10.1. The summed E-state index contributed by atoms with van der Waals surface area (Å²) >= 11 is 0. The highest BCUT2D eigenvalue weighted by Gasteiger charge is 2.14. The van der Waals surface area contributed by atoms with Gasteiger partial charge in [-0.1, -0.05) is 12.1 Å². The van der Waals surface area contributed by atoms with Crippen LogP contribution in [0, 0.1) is 20.2 Å². The Morgan fingerprint density at radius 3 is 1.25 bits per heavy atom. The molecule has 0 radical (unpaired) electrons. The van der Waals surface area contributed by atoms with Gasteiger partial charge in [0.15, 0.2) is 11.2 Å². The van der Waals surface area contributed by atoms with Crippen molar-refractivity contribution in [1.29, 1.82) is 0 Å². The molecule has 0 aliphatic rings. The van der Waals surface area contributed by atoms with Gasteiger partial charge in [-0.25, -0.2) is 9.97 Å². The number of non-ortho nitro benzene ring substituents is 2. The van der Waals surface area contributed by atoms with Crippen molar-refractivity contribution >= 4 is 33.6 Å². The van der Waals surface area contributed by atoms with E-state index in [0.29, 0.717) is 45.1 Å². The molecule has 0 atom stereocenters. The van der Waals surface area contributed by atoms with Crippen LogP contribution >= 0.6 is 0 Å². The molecule has 0 bridgehead atoms. The third-order valence-electron chi connectivity index (χ3n) is 5.76. The molecular weight excluding hydrogens is 464 g/mol. The monoisotopic (exact) mass is 478 g/mol. The third kappa shape index (κ3) is 3.72. The van der Waals surface area contributed by atoms with Crippen LogP contribution in [0.3, 0.4) is 0 Å². The van der Waals surface area contributed by atoms with Gasteiger partial charge in [0.25, 0.3) is 11.4 Å². The summed E-state index contributed by atoms with van der Waals surface area (Å²) in [6.07, 6.45) is 0. The van der Waals surface area contributed by atoms with Crippen molar-refractivity contribution in [2.75, 3.05) is 0 Å². The molecule has 6 aromatic rings. The van der Waals surface area contributed by atoms with Gasteiger partial charge in [-0.05, 0) is 59.7 Å². The van der Waals surface area contributed by atoms with Gasteiger partial charge in [0.1, 0.15) is 11.0 Å². The first kappa shape index (κ1) is 21.2. The van der Waals surface area contributed by atoms with E-state index in [1.807, 2.05) is 36.4 Å². The highest BCUT2D eigenvalue weighted by molar-refractivity contribution is 5.86. The van der Waals surface area contributed by atoms with Gasteiger partial charge >= 0.3 is 0 Å². The second-order valence-electron chi connectivity index (χ2n) is 8.01. The molecule has 4 aromatic carbocycles. The summed E-state index contributed by atoms with van der Waals surface area (Å²) in [5.41, 5.74) is 5.50. The van der Waals surface area contributed by atoms with E-state index in [1.165, 1.54) is 24.3 Å². The summed E-state index contributed by atoms with van der Waals surface area (Å²) in [6, 6.07) is 23.3. The third-order valence-corrected chi connectivity index (χ3v) is 5.76. The van der Waals surface area contributed by atoms with Crippen LogP contribution in [0.25, 0.3) is 56.2 Å². The maximum absolute atomic E-state index is 10.9. The summed E-state index contributed by atoms with van der Waals surface area (Å²) in [4.78, 5) is 29.8. The van der Waals surface area contributed by atoms with E-state index in [4.69, 9.17) is 8.83 Å². The minimum Gasteiger partial charge on any atom is -0.436 e. The fourth-order valence-corrected chi connectivity index (χ4v) is 3.91. The number of nitro benzene ring substituents is 2. The van der Waals surface area contributed by atoms with Gasteiger partial charge in [0, 0.05) is 35.4 Å². The van der Waals surface area contributed by atoms with Crippen molar-refractivity contribution in [3.63, 3.8) is 0 Å². The summed E-state index contributed by atoms with van der Waals surface area (Å²) in [5.74, 6) is 0.742. The fraction of sp³-hybridized carbons (Fsp3) is 0. The number of hydrogen-bond acceptors (Lipinski definition) is 8. The van der Waals surface area contributed by atoms with E-state index in [-0.39, 0.29) is 11.4 Å². The first-order chi connectivity index (χ1) is 17.4. The molecule has 0 N–H and O–H groups in total. The number of rotatable bonds is 5. The van der Waals surface area contributed by atoms with Gasteiger partial charge in [-0.2, -0.15) is 0 Å². The summed E-state index contributed by atoms with van der Waals surface area (Å²) < 4.78 is 11.9. The zero-order valence-electron chi connectivity index (χ0n) is 18.3. The van der Waals surface area contributed by atoms with Crippen molar-refractivity contribution in [2.45, 2.75) is 0 Å². The van der Waals surface area contributed by atoms with E-state index in [0.717, 1.165) is 11.1 Å². The standard InChI is InChI=1S/C26H14N4O6/c31-29(32)19-7-1-15(2-8-19)25-27-21-11-5-17(13-23(21)35-25)18-6-12-22-24(14-18)36-26(28-22)16-3-9-20(10-4-16)30(33)34/h1-14H. The Balaban J connectivity index is 1.32. The topological polar surface area (TPSA) is 138 Å². The summed E-state index contributed by atoms with van der Waals surface area (Å²) in [5, 5.41) is 21.8. The zero-order valence-corrected chi connectivity index (χ0v) is 18.3. The molecule has 0 aliphatic heterocycles. The second-order valence-corrected chi connectivity index (χ2v) is 8.01. The molecule has 10 heteroatoms. The minimum absolute atomic E-state index is 0.00306. The molecule has 0 saturated heterocycles. The maximum atomic E-state index is 10.9. The highest BCUT2D eigenvalue weighted by atomic mass is 16.6. The van der Waals surface area contributed by atoms with Crippen molar-refractivity contribution in [3.05, 3.63) is 105 Å². The Kier molecular flexibility index (Phi) is 4.78. The average molecular weight is 478 g/mol. The van der Waals surface area contributed by atoms with Crippen LogP contribution in [0.2, 0.25) is 0 Å². The lowest BCUT2D eigenvalue weighted by Crippen LogP contribution is -1.87. The number of nitrogens with zero attached hydrogens (tertiary/aromatic N) is 4. The molecule has 36 heavy (non-hydrogen) atoms. The molecule has 0 amide bonds. The van der Waals surface area contributed by atoms with E-state index in [2.05, 4.69) is 9.97 Å². The summed E-state index contributed by atoms with van der Waals surface area (Å²) in [7, 11) is 0. The predicted octanol–water partition coefficient (Wildman–Crippen LogP) is 6.79. The molecule has 10 nitrogen and oxygen atoms in total. The number of aromatic nitrogens is 2. The normalized spacial score (nSPS) is 11.2. The Morgan fingerprint density at radius 2 is 0.889 bits per heavy atom. The molecule has 2 aromatic heterocycles. The van der Waals surface area contributed by atoms with Gasteiger partial charge in [-0.3, -0.25) is 20.2 Å². The number of nitro groups is 2. The first-order valence-corrected chi connectivity index (χ1v) is 10.8. The van der Waals surface area contributed by atoms with Crippen LogP contribution in [0.4, 0.5) is 11.4 Å². The van der Waals surface area contributed by atoms with Crippen LogP contribution < -0.4 is 0 Å². The van der Waals surface area contributed by atoms with E-state index >= 15 is 0 Å². The Labute approximate surface area is 201 Å². The molecule has 6 rings (SSSR count). The lowest BCUT2D eigenvalue weighted by molar-refractivity contribution is -0.385. The molecule has 174 valence electrons. The van der Waals surface area contributed by atoms with E-state index in [1.54, 1.807) is 24.3 Å². The molecule has 2 heterocycles. The molecule has 0 spiro atoms. The molecular formula is C26H14N4O6. The van der Waals surface area contributed by atoms with Gasteiger partial charge in [0.2, 0.25) is 11.8 Å². The van der Waals surface area contributed by atoms with Crippen molar-refractivity contribution < 1.29 is 18.7 Å².